The largest absolute Gasteiger partial charge is 0.339 e. The van der Waals surface area contributed by atoms with Gasteiger partial charge in [-0.3, -0.25) is 14.6 Å². The standard InChI is InChI=1S/C13H26N4O/c1-3-16-8-9-17(10-12(16)2)13(18)11-15-6-4-14-5-7-15/h12,14H,3-11H2,1-2H3. The van der Waals surface area contributed by atoms with Gasteiger partial charge < -0.3 is 10.2 Å². The number of carbonyl (C=O) groups excluding carboxylic acids is 1. The normalized spacial score (nSPS) is 27.4. The zero-order chi connectivity index (χ0) is 13.0. The third-order valence-corrected chi connectivity index (χ3v) is 4.09. The number of piperazine rings is 2. The van der Waals surface area contributed by atoms with Crippen LogP contribution in [0.25, 0.3) is 0 Å². The molecule has 0 radical (unpaired) electrons. The molecular formula is C13H26N4O. The molecule has 2 saturated heterocycles. The van der Waals surface area contributed by atoms with Crippen molar-refractivity contribution < 1.29 is 4.79 Å². The van der Waals surface area contributed by atoms with Gasteiger partial charge in [-0.05, 0) is 13.5 Å². The summed E-state index contributed by atoms with van der Waals surface area (Å²) >= 11 is 0. The van der Waals surface area contributed by atoms with E-state index in [1.165, 1.54) is 0 Å². The lowest BCUT2D eigenvalue weighted by atomic mass is 10.2. The topological polar surface area (TPSA) is 38.8 Å². The molecule has 5 nitrogen and oxygen atoms in total. The summed E-state index contributed by atoms with van der Waals surface area (Å²) in [7, 11) is 0. The van der Waals surface area contributed by atoms with Crippen molar-refractivity contribution in [3.63, 3.8) is 0 Å². The van der Waals surface area contributed by atoms with Gasteiger partial charge in [0.15, 0.2) is 0 Å². The number of hydrogen-bond donors (Lipinski definition) is 1. The van der Waals surface area contributed by atoms with E-state index >= 15 is 0 Å². The molecular weight excluding hydrogens is 228 g/mol. The summed E-state index contributed by atoms with van der Waals surface area (Å²) in [4.78, 5) is 19.0. The maximum Gasteiger partial charge on any atom is 0.236 e. The lowest BCUT2D eigenvalue weighted by Gasteiger charge is -2.40. The summed E-state index contributed by atoms with van der Waals surface area (Å²) in [5.74, 6) is 0.305. The van der Waals surface area contributed by atoms with Gasteiger partial charge in [-0.1, -0.05) is 6.92 Å². The van der Waals surface area contributed by atoms with Crippen molar-refractivity contribution in [3.05, 3.63) is 0 Å². The molecule has 1 amide bonds. The molecule has 0 aromatic rings. The molecule has 2 aliphatic heterocycles. The third kappa shape index (κ3) is 3.43. The van der Waals surface area contributed by atoms with Gasteiger partial charge >= 0.3 is 0 Å². The Bertz CT molecular complexity index is 278. The summed E-state index contributed by atoms with van der Waals surface area (Å²) in [5, 5.41) is 3.31. The van der Waals surface area contributed by atoms with Crippen LogP contribution in [0.1, 0.15) is 13.8 Å². The molecule has 0 saturated carbocycles. The van der Waals surface area contributed by atoms with Crippen LogP contribution in [0.5, 0.6) is 0 Å². The average molecular weight is 254 g/mol. The molecule has 1 N–H and O–H groups in total. The number of carbonyl (C=O) groups is 1. The second kappa shape index (κ2) is 6.50. The predicted molar refractivity (Wildman–Crippen MR) is 72.6 cm³/mol. The molecule has 0 bridgehead atoms. The lowest BCUT2D eigenvalue weighted by molar-refractivity contribution is -0.135. The lowest BCUT2D eigenvalue weighted by Crippen LogP contribution is -2.56. The zero-order valence-electron chi connectivity index (χ0n) is 11.7. The maximum absolute atomic E-state index is 12.3. The number of hydrogen-bond acceptors (Lipinski definition) is 4. The first kappa shape index (κ1) is 13.8. The van der Waals surface area contributed by atoms with Gasteiger partial charge in [-0.25, -0.2) is 0 Å². The number of likely N-dealkylation sites (N-methyl/N-ethyl adjacent to an activating group) is 1. The van der Waals surface area contributed by atoms with Gasteiger partial charge in [0.2, 0.25) is 5.91 Å². The Kier molecular flexibility index (Phi) is 4.97. The molecule has 18 heavy (non-hydrogen) atoms. The molecule has 1 atom stereocenters. The quantitative estimate of drug-likeness (QED) is 0.733. The van der Waals surface area contributed by atoms with E-state index in [9.17, 15) is 4.79 Å². The first-order valence-electron chi connectivity index (χ1n) is 7.15. The van der Waals surface area contributed by atoms with Crippen LogP contribution < -0.4 is 5.32 Å². The summed E-state index contributed by atoms with van der Waals surface area (Å²) in [6.45, 7) is 12.9. The van der Waals surface area contributed by atoms with Crippen molar-refractivity contribution in [1.29, 1.82) is 0 Å². The highest BCUT2D eigenvalue weighted by molar-refractivity contribution is 5.78. The summed E-state index contributed by atoms with van der Waals surface area (Å²) in [6, 6.07) is 0.496. The third-order valence-electron chi connectivity index (χ3n) is 4.09. The van der Waals surface area contributed by atoms with E-state index in [2.05, 4.69) is 29.0 Å². The summed E-state index contributed by atoms with van der Waals surface area (Å²) in [6.07, 6.45) is 0. The minimum Gasteiger partial charge on any atom is -0.339 e. The van der Waals surface area contributed by atoms with E-state index in [4.69, 9.17) is 0 Å². The average Bonchev–Trinajstić information content (AvgIpc) is 2.39. The molecule has 1 unspecified atom stereocenters. The van der Waals surface area contributed by atoms with Crippen LogP contribution in [-0.2, 0) is 4.79 Å². The second-order valence-corrected chi connectivity index (χ2v) is 5.34. The monoisotopic (exact) mass is 254 g/mol. The van der Waals surface area contributed by atoms with Gasteiger partial charge in [-0.15, -0.1) is 0 Å². The first-order valence-corrected chi connectivity index (χ1v) is 7.15. The molecule has 0 aliphatic carbocycles. The molecule has 2 fully saturated rings. The van der Waals surface area contributed by atoms with Gasteiger partial charge in [0.05, 0.1) is 6.54 Å². The van der Waals surface area contributed by atoms with E-state index in [-0.39, 0.29) is 0 Å². The molecule has 104 valence electrons. The van der Waals surface area contributed by atoms with Gasteiger partial charge in [0, 0.05) is 51.9 Å². The number of amides is 1. The van der Waals surface area contributed by atoms with Crippen molar-refractivity contribution in [1.82, 2.24) is 20.0 Å². The number of nitrogens with one attached hydrogen (secondary N) is 1. The molecule has 5 heteroatoms. The Morgan fingerprint density at radius 3 is 2.56 bits per heavy atom. The van der Waals surface area contributed by atoms with Crippen LogP contribution in [0, 0.1) is 0 Å². The van der Waals surface area contributed by atoms with Crippen molar-refractivity contribution in [2.45, 2.75) is 19.9 Å². The summed E-state index contributed by atoms with van der Waals surface area (Å²) in [5.41, 5.74) is 0. The van der Waals surface area contributed by atoms with E-state index < -0.39 is 0 Å². The SMILES string of the molecule is CCN1CCN(C(=O)CN2CCNCC2)CC1C. The van der Waals surface area contributed by atoms with Gasteiger partial charge in [0.25, 0.3) is 0 Å². The number of nitrogens with zero attached hydrogens (tertiary/aromatic N) is 3. The van der Waals surface area contributed by atoms with Crippen molar-refractivity contribution in [2.75, 3.05) is 58.9 Å². The Morgan fingerprint density at radius 2 is 1.94 bits per heavy atom. The van der Waals surface area contributed by atoms with Crippen LogP contribution in [-0.4, -0.2) is 85.6 Å². The summed E-state index contributed by atoms with van der Waals surface area (Å²) < 4.78 is 0. The Balaban J connectivity index is 1.79. The first-order chi connectivity index (χ1) is 8.70. The zero-order valence-corrected chi connectivity index (χ0v) is 11.7. The molecule has 2 rings (SSSR count). The van der Waals surface area contributed by atoms with E-state index in [1.807, 2.05) is 4.90 Å². The smallest absolute Gasteiger partial charge is 0.236 e. The Hall–Kier alpha value is -0.650. The number of rotatable bonds is 3. The Morgan fingerprint density at radius 1 is 1.22 bits per heavy atom. The highest BCUT2D eigenvalue weighted by atomic mass is 16.2. The van der Waals surface area contributed by atoms with E-state index in [0.29, 0.717) is 18.5 Å². The van der Waals surface area contributed by atoms with Crippen molar-refractivity contribution >= 4 is 5.91 Å². The highest BCUT2D eigenvalue weighted by Crippen LogP contribution is 2.09. The van der Waals surface area contributed by atoms with Gasteiger partial charge in [0.1, 0.15) is 0 Å². The van der Waals surface area contributed by atoms with Crippen LogP contribution in [0.15, 0.2) is 0 Å². The molecule has 2 heterocycles. The molecule has 0 aromatic heterocycles. The molecule has 2 aliphatic rings. The molecule has 0 aromatic carbocycles. The Labute approximate surface area is 110 Å². The van der Waals surface area contributed by atoms with Crippen LogP contribution >= 0.6 is 0 Å². The predicted octanol–water partition coefficient (Wildman–Crippen LogP) is -0.556. The maximum atomic E-state index is 12.3. The molecule has 0 spiro atoms. The van der Waals surface area contributed by atoms with Crippen LogP contribution in [0.3, 0.4) is 0 Å². The fraction of sp³-hybridized carbons (Fsp3) is 0.923. The fourth-order valence-corrected chi connectivity index (χ4v) is 2.85. The fourth-order valence-electron chi connectivity index (χ4n) is 2.85. The highest BCUT2D eigenvalue weighted by Gasteiger charge is 2.26. The second-order valence-electron chi connectivity index (χ2n) is 5.34. The van der Waals surface area contributed by atoms with Crippen molar-refractivity contribution in [2.24, 2.45) is 0 Å². The van der Waals surface area contributed by atoms with Crippen LogP contribution in [0.2, 0.25) is 0 Å². The minimum absolute atomic E-state index is 0.305. The van der Waals surface area contributed by atoms with E-state index in [1.54, 1.807) is 0 Å². The van der Waals surface area contributed by atoms with Crippen LogP contribution in [0.4, 0.5) is 0 Å². The minimum atomic E-state index is 0.305. The van der Waals surface area contributed by atoms with Crippen molar-refractivity contribution in [3.8, 4) is 0 Å². The van der Waals surface area contributed by atoms with E-state index in [0.717, 1.165) is 52.4 Å². The van der Waals surface area contributed by atoms with Gasteiger partial charge in [-0.2, -0.15) is 0 Å².